The van der Waals surface area contributed by atoms with Gasteiger partial charge in [-0.25, -0.2) is 0 Å². The normalized spacial score (nSPS) is 14.6. The highest BCUT2D eigenvalue weighted by Gasteiger charge is 2.31. The summed E-state index contributed by atoms with van der Waals surface area (Å²) >= 11 is 1.21. The van der Waals surface area contributed by atoms with E-state index in [0.29, 0.717) is 11.2 Å². The smallest absolute Gasteiger partial charge is 0.313 e. The fraction of sp³-hybridized carbons (Fsp3) is 0.750. The number of hydrogen-bond acceptors (Lipinski definition) is 5. The molecule has 1 aromatic heterocycles. The Bertz CT molecular complexity index is 445. The topological polar surface area (TPSA) is 71.2 Å². The lowest BCUT2D eigenvalue weighted by Gasteiger charge is -2.22. The van der Waals surface area contributed by atoms with E-state index in [9.17, 15) is 4.79 Å². The van der Waals surface area contributed by atoms with Gasteiger partial charge in [0.25, 0.3) is 0 Å². The van der Waals surface area contributed by atoms with Gasteiger partial charge in [0.05, 0.1) is 5.75 Å². The van der Waals surface area contributed by atoms with Crippen LogP contribution in [0.1, 0.15) is 32.6 Å². The van der Waals surface area contributed by atoms with Crippen molar-refractivity contribution >= 4 is 23.7 Å². The molecule has 2 rings (SSSR count). The summed E-state index contributed by atoms with van der Waals surface area (Å²) in [5, 5.41) is 17.7. The van der Waals surface area contributed by atoms with Crippen molar-refractivity contribution in [3.63, 3.8) is 0 Å². The van der Waals surface area contributed by atoms with Crippen LogP contribution >= 0.6 is 11.8 Å². The number of nitrogens with zero attached hydrogens (tertiary/aromatic N) is 4. The van der Waals surface area contributed by atoms with Crippen LogP contribution in [0.25, 0.3) is 0 Å². The number of aromatic nitrogens is 3. The number of hydrogen-bond donors (Lipinski definition) is 1. The number of carboxylic acids is 1. The fourth-order valence-electron chi connectivity index (χ4n) is 1.97. The zero-order chi connectivity index (χ0) is 13.8. The second-order valence-electron chi connectivity index (χ2n) is 4.80. The Morgan fingerprint density at radius 2 is 2.26 bits per heavy atom. The van der Waals surface area contributed by atoms with Crippen molar-refractivity contribution < 1.29 is 9.90 Å². The van der Waals surface area contributed by atoms with E-state index in [1.165, 1.54) is 24.6 Å². The Morgan fingerprint density at radius 1 is 1.53 bits per heavy atom. The molecule has 0 saturated heterocycles. The fourth-order valence-corrected chi connectivity index (χ4v) is 2.60. The summed E-state index contributed by atoms with van der Waals surface area (Å²) in [6.45, 7) is 3.17. The lowest BCUT2D eigenvalue weighted by atomic mass is 10.3. The van der Waals surface area contributed by atoms with Gasteiger partial charge < -0.3 is 10.0 Å². The Morgan fingerprint density at radius 3 is 2.84 bits per heavy atom. The van der Waals surface area contributed by atoms with E-state index in [2.05, 4.69) is 22.0 Å². The van der Waals surface area contributed by atoms with E-state index in [-0.39, 0.29) is 5.75 Å². The summed E-state index contributed by atoms with van der Waals surface area (Å²) in [5.41, 5.74) is 0. The summed E-state index contributed by atoms with van der Waals surface area (Å²) in [5.74, 6) is 0.0492. The molecule has 0 spiro atoms. The van der Waals surface area contributed by atoms with Gasteiger partial charge in [-0.05, 0) is 19.3 Å². The van der Waals surface area contributed by atoms with Crippen molar-refractivity contribution in [3.8, 4) is 0 Å². The third kappa shape index (κ3) is 3.62. The van der Waals surface area contributed by atoms with E-state index >= 15 is 0 Å². The van der Waals surface area contributed by atoms with Crippen molar-refractivity contribution in [2.24, 2.45) is 7.05 Å². The first-order valence-electron chi connectivity index (χ1n) is 6.64. The van der Waals surface area contributed by atoms with Crippen LogP contribution in [0, 0.1) is 0 Å². The van der Waals surface area contributed by atoms with E-state index in [4.69, 9.17) is 5.11 Å². The first-order valence-corrected chi connectivity index (χ1v) is 7.62. The molecule has 7 heteroatoms. The number of carboxylic acid groups (broad SMARTS) is 1. The molecule has 1 saturated carbocycles. The number of unbranched alkanes of at least 4 members (excludes halogenated alkanes) is 1. The zero-order valence-electron chi connectivity index (χ0n) is 11.4. The van der Waals surface area contributed by atoms with Crippen LogP contribution in [-0.4, -0.2) is 44.2 Å². The summed E-state index contributed by atoms with van der Waals surface area (Å²) in [4.78, 5) is 12.9. The number of rotatable bonds is 8. The molecule has 1 fully saturated rings. The first kappa shape index (κ1) is 14.2. The average Bonchev–Trinajstić information content (AvgIpc) is 3.14. The molecule has 0 amide bonds. The van der Waals surface area contributed by atoms with Gasteiger partial charge in [-0.15, -0.1) is 10.2 Å². The summed E-state index contributed by atoms with van der Waals surface area (Å²) < 4.78 is 1.90. The molecule has 1 aliphatic rings. The van der Waals surface area contributed by atoms with E-state index in [0.717, 1.165) is 25.3 Å². The molecule has 6 nitrogen and oxygen atoms in total. The SMILES string of the molecule is CCCCN(c1nnc(SCC(=O)O)n1C)C1CC1. The molecule has 106 valence electrons. The number of anilines is 1. The van der Waals surface area contributed by atoms with Gasteiger partial charge in [-0.1, -0.05) is 25.1 Å². The van der Waals surface area contributed by atoms with Crippen molar-refractivity contribution in [2.45, 2.75) is 43.8 Å². The molecule has 1 heterocycles. The highest BCUT2D eigenvalue weighted by molar-refractivity contribution is 7.99. The molecular formula is C12H20N4O2S. The maximum atomic E-state index is 10.6. The molecule has 1 N–H and O–H groups in total. The van der Waals surface area contributed by atoms with E-state index in [1.54, 1.807) is 0 Å². The van der Waals surface area contributed by atoms with Gasteiger partial charge >= 0.3 is 5.97 Å². The Balaban J connectivity index is 2.07. The van der Waals surface area contributed by atoms with Crippen LogP contribution in [0.3, 0.4) is 0 Å². The third-order valence-electron chi connectivity index (χ3n) is 3.13. The van der Waals surface area contributed by atoms with Crippen molar-refractivity contribution in [3.05, 3.63) is 0 Å². The standard InChI is InChI=1S/C12H20N4O2S/c1-3-4-7-16(9-5-6-9)11-13-14-12(15(11)2)19-8-10(17)18/h9H,3-8H2,1-2H3,(H,17,18). The predicted octanol–water partition coefficient (Wildman–Crippen LogP) is 1.76. The summed E-state index contributed by atoms with van der Waals surface area (Å²) in [7, 11) is 1.90. The molecule has 1 aliphatic carbocycles. The number of thioether (sulfide) groups is 1. The third-order valence-corrected chi connectivity index (χ3v) is 4.14. The van der Waals surface area contributed by atoms with Crippen molar-refractivity contribution in [1.82, 2.24) is 14.8 Å². The second-order valence-corrected chi connectivity index (χ2v) is 5.74. The van der Waals surface area contributed by atoms with Gasteiger partial charge in [0, 0.05) is 19.6 Å². The van der Waals surface area contributed by atoms with Gasteiger partial charge in [0.15, 0.2) is 5.16 Å². The second kappa shape index (κ2) is 6.27. The lowest BCUT2D eigenvalue weighted by molar-refractivity contribution is -0.133. The van der Waals surface area contributed by atoms with Crippen molar-refractivity contribution in [2.75, 3.05) is 17.2 Å². The van der Waals surface area contributed by atoms with Crippen LogP contribution in [0.5, 0.6) is 0 Å². The largest absolute Gasteiger partial charge is 0.481 e. The highest BCUT2D eigenvalue weighted by atomic mass is 32.2. The molecule has 19 heavy (non-hydrogen) atoms. The molecule has 0 aromatic carbocycles. The molecule has 0 bridgehead atoms. The molecular weight excluding hydrogens is 264 g/mol. The number of aliphatic carboxylic acids is 1. The summed E-state index contributed by atoms with van der Waals surface area (Å²) in [6.07, 6.45) is 4.73. The van der Waals surface area contributed by atoms with Gasteiger partial charge in [-0.3, -0.25) is 9.36 Å². The predicted molar refractivity (Wildman–Crippen MR) is 74.6 cm³/mol. The average molecular weight is 284 g/mol. The quantitative estimate of drug-likeness (QED) is 0.733. The molecule has 1 aromatic rings. The van der Waals surface area contributed by atoms with Crippen LogP contribution in [0.4, 0.5) is 5.95 Å². The van der Waals surface area contributed by atoms with Crippen LogP contribution in [-0.2, 0) is 11.8 Å². The molecule has 0 aliphatic heterocycles. The van der Waals surface area contributed by atoms with Gasteiger partial charge in [0.1, 0.15) is 0 Å². The maximum absolute atomic E-state index is 10.6. The monoisotopic (exact) mass is 284 g/mol. The molecule has 0 unspecified atom stereocenters. The first-order chi connectivity index (χ1) is 9.13. The van der Waals surface area contributed by atoms with Gasteiger partial charge in [0.2, 0.25) is 5.95 Å². The minimum atomic E-state index is -0.834. The molecule has 0 atom stereocenters. The van der Waals surface area contributed by atoms with Crippen LogP contribution in [0.15, 0.2) is 5.16 Å². The lowest BCUT2D eigenvalue weighted by Crippen LogP contribution is -2.29. The Kier molecular flexibility index (Phi) is 4.68. The summed E-state index contributed by atoms with van der Waals surface area (Å²) in [6, 6.07) is 0.590. The Hall–Kier alpha value is -1.24. The highest BCUT2D eigenvalue weighted by Crippen LogP contribution is 2.32. The number of carbonyl (C=O) groups is 1. The molecule has 0 radical (unpaired) electrons. The van der Waals surface area contributed by atoms with Crippen LogP contribution < -0.4 is 4.90 Å². The zero-order valence-corrected chi connectivity index (χ0v) is 12.2. The van der Waals surface area contributed by atoms with Gasteiger partial charge in [-0.2, -0.15) is 0 Å². The minimum Gasteiger partial charge on any atom is -0.481 e. The van der Waals surface area contributed by atoms with Crippen LogP contribution in [0.2, 0.25) is 0 Å². The van der Waals surface area contributed by atoms with Crippen molar-refractivity contribution in [1.29, 1.82) is 0 Å². The Labute approximate surface area is 117 Å². The minimum absolute atomic E-state index is 0.0182. The maximum Gasteiger partial charge on any atom is 0.313 e. The van der Waals surface area contributed by atoms with E-state index in [1.807, 2.05) is 11.6 Å². The van der Waals surface area contributed by atoms with E-state index < -0.39 is 5.97 Å².